The molecule has 0 spiro atoms. The minimum absolute atomic E-state index is 0.254. The summed E-state index contributed by atoms with van der Waals surface area (Å²) in [7, 11) is 0. The number of rotatable bonds is 4. The molecule has 0 atom stereocenters. The summed E-state index contributed by atoms with van der Waals surface area (Å²) in [6, 6.07) is 10.1. The topological polar surface area (TPSA) is 69.1 Å². The Morgan fingerprint density at radius 1 is 1.17 bits per heavy atom. The van der Waals surface area contributed by atoms with Crippen LogP contribution in [0.4, 0.5) is 4.39 Å². The zero-order chi connectivity index (χ0) is 15.6. The van der Waals surface area contributed by atoms with Crippen LogP contribution in [0.15, 0.2) is 58.6 Å². The molecule has 0 saturated heterocycles. The van der Waals surface area contributed by atoms with Gasteiger partial charge < -0.3 is 4.42 Å². The standard InChI is InChI=1S/C15H10FN5OS/c16-12-3-1-2-10(6-12)8-23-15-20-19-14(22-15)11-4-5-21-13(7-11)17-9-18-21/h1-7,9H,8H2. The van der Waals surface area contributed by atoms with Crippen LogP contribution in [-0.4, -0.2) is 24.8 Å². The van der Waals surface area contributed by atoms with Crippen molar-refractivity contribution in [3.05, 3.63) is 60.3 Å². The van der Waals surface area contributed by atoms with E-state index < -0.39 is 0 Å². The molecule has 4 rings (SSSR count). The van der Waals surface area contributed by atoms with E-state index in [9.17, 15) is 4.39 Å². The summed E-state index contributed by atoms with van der Waals surface area (Å²) in [5, 5.41) is 12.5. The number of hydrogen-bond acceptors (Lipinski definition) is 6. The van der Waals surface area contributed by atoms with Gasteiger partial charge in [0.2, 0.25) is 5.89 Å². The molecule has 8 heteroatoms. The predicted molar refractivity (Wildman–Crippen MR) is 82.2 cm³/mol. The fourth-order valence-corrected chi connectivity index (χ4v) is 2.81. The van der Waals surface area contributed by atoms with Crippen molar-refractivity contribution in [3.63, 3.8) is 0 Å². The molecule has 114 valence electrons. The van der Waals surface area contributed by atoms with Crippen LogP contribution in [0.3, 0.4) is 0 Å². The van der Waals surface area contributed by atoms with Crippen molar-refractivity contribution >= 4 is 17.4 Å². The Kier molecular flexibility index (Phi) is 3.51. The Morgan fingerprint density at radius 2 is 2.13 bits per heavy atom. The maximum absolute atomic E-state index is 13.1. The Balaban J connectivity index is 1.52. The maximum atomic E-state index is 13.1. The molecule has 3 aromatic heterocycles. The van der Waals surface area contributed by atoms with Gasteiger partial charge in [-0.3, -0.25) is 0 Å². The molecular weight excluding hydrogens is 317 g/mol. The number of pyridine rings is 1. The molecule has 6 nitrogen and oxygen atoms in total. The molecule has 0 amide bonds. The molecule has 0 fully saturated rings. The van der Waals surface area contributed by atoms with Crippen molar-refractivity contribution in [2.45, 2.75) is 11.0 Å². The van der Waals surface area contributed by atoms with Crippen LogP contribution in [0.5, 0.6) is 0 Å². The van der Waals surface area contributed by atoms with Gasteiger partial charge in [-0.1, -0.05) is 23.9 Å². The second-order valence-electron chi connectivity index (χ2n) is 4.77. The number of thioether (sulfide) groups is 1. The maximum Gasteiger partial charge on any atom is 0.277 e. The number of halogens is 1. The van der Waals surface area contributed by atoms with E-state index in [4.69, 9.17) is 4.42 Å². The first-order valence-electron chi connectivity index (χ1n) is 6.78. The number of nitrogens with zero attached hydrogens (tertiary/aromatic N) is 5. The summed E-state index contributed by atoms with van der Waals surface area (Å²) in [6.07, 6.45) is 3.26. The second-order valence-corrected chi connectivity index (χ2v) is 5.70. The minimum Gasteiger partial charge on any atom is -0.411 e. The predicted octanol–water partition coefficient (Wildman–Crippen LogP) is 3.21. The monoisotopic (exact) mass is 327 g/mol. The van der Waals surface area contributed by atoms with Gasteiger partial charge in [0.05, 0.1) is 0 Å². The molecular formula is C15H10FN5OS. The lowest BCUT2D eigenvalue weighted by Crippen LogP contribution is -1.87. The minimum atomic E-state index is -0.254. The highest BCUT2D eigenvalue weighted by molar-refractivity contribution is 7.98. The van der Waals surface area contributed by atoms with Gasteiger partial charge in [-0.15, -0.1) is 10.2 Å². The fourth-order valence-electron chi connectivity index (χ4n) is 2.10. The SMILES string of the molecule is Fc1cccc(CSc2nnc(-c3ccn4ncnc4c3)o2)c1. The third-order valence-electron chi connectivity index (χ3n) is 3.19. The third kappa shape index (κ3) is 2.93. The van der Waals surface area contributed by atoms with Gasteiger partial charge >= 0.3 is 0 Å². The molecule has 0 aliphatic heterocycles. The van der Waals surface area contributed by atoms with Crippen molar-refractivity contribution in [1.82, 2.24) is 24.8 Å². The van der Waals surface area contributed by atoms with Crippen molar-refractivity contribution in [2.75, 3.05) is 0 Å². The lowest BCUT2D eigenvalue weighted by Gasteiger charge is -1.98. The molecule has 0 N–H and O–H groups in total. The smallest absolute Gasteiger partial charge is 0.277 e. The van der Waals surface area contributed by atoms with E-state index in [2.05, 4.69) is 20.3 Å². The van der Waals surface area contributed by atoms with Crippen LogP contribution in [0.1, 0.15) is 5.56 Å². The van der Waals surface area contributed by atoms with Gasteiger partial charge in [0, 0.05) is 17.5 Å². The molecule has 1 aromatic carbocycles. The highest BCUT2D eigenvalue weighted by Gasteiger charge is 2.10. The Labute approximate surface area is 134 Å². The van der Waals surface area contributed by atoms with Crippen LogP contribution in [0, 0.1) is 5.82 Å². The Hall–Kier alpha value is -2.74. The molecule has 0 unspecified atom stereocenters. The number of aromatic nitrogens is 5. The third-order valence-corrected chi connectivity index (χ3v) is 4.08. The molecule has 0 aliphatic carbocycles. The molecule has 0 bridgehead atoms. The zero-order valence-electron chi connectivity index (χ0n) is 11.8. The first kappa shape index (κ1) is 13.9. The zero-order valence-corrected chi connectivity index (χ0v) is 12.6. The van der Waals surface area contributed by atoms with Gasteiger partial charge in [-0.2, -0.15) is 5.10 Å². The van der Waals surface area contributed by atoms with Crippen LogP contribution in [0.25, 0.3) is 17.1 Å². The molecule has 4 aromatic rings. The Bertz CT molecular complexity index is 967. The lowest BCUT2D eigenvalue weighted by atomic mass is 10.2. The van der Waals surface area contributed by atoms with E-state index in [-0.39, 0.29) is 5.82 Å². The van der Waals surface area contributed by atoms with Gasteiger partial charge in [0.25, 0.3) is 5.22 Å². The fraction of sp³-hybridized carbons (Fsp3) is 0.0667. The van der Waals surface area contributed by atoms with Crippen molar-refractivity contribution < 1.29 is 8.81 Å². The lowest BCUT2D eigenvalue weighted by molar-refractivity contribution is 0.466. The van der Waals surface area contributed by atoms with E-state index in [0.717, 1.165) is 11.1 Å². The van der Waals surface area contributed by atoms with E-state index in [1.165, 1.54) is 30.2 Å². The quantitative estimate of drug-likeness (QED) is 0.536. The summed E-state index contributed by atoms with van der Waals surface area (Å²) >= 11 is 1.36. The summed E-state index contributed by atoms with van der Waals surface area (Å²) in [5.41, 5.74) is 2.34. The average Bonchev–Trinajstić information content (AvgIpc) is 3.21. The van der Waals surface area contributed by atoms with Gasteiger partial charge in [-0.05, 0) is 29.8 Å². The van der Waals surface area contributed by atoms with Crippen LogP contribution < -0.4 is 0 Å². The van der Waals surface area contributed by atoms with E-state index >= 15 is 0 Å². The van der Waals surface area contributed by atoms with Crippen molar-refractivity contribution in [2.24, 2.45) is 0 Å². The van der Waals surface area contributed by atoms with Gasteiger partial charge in [-0.25, -0.2) is 13.9 Å². The van der Waals surface area contributed by atoms with E-state index in [1.807, 2.05) is 18.2 Å². The first-order valence-corrected chi connectivity index (χ1v) is 7.77. The summed E-state index contributed by atoms with van der Waals surface area (Å²) in [6.45, 7) is 0. The van der Waals surface area contributed by atoms with E-state index in [0.29, 0.717) is 22.5 Å². The van der Waals surface area contributed by atoms with Crippen LogP contribution in [0.2, 0.25) is 0 Å². The molecule has 0 saturated carbocycles. The van der Waals surface area contributed by atoms with E-state index in [1.54, 1.807) is 16.8 Å². The largest absolute Gasteiger partial charge is 0.411 e. The Morgan fingerprint density at radius 3 is 3.04 bits per heavy atom. The highest BCUT2D eigenvalue weighted by Crippen LogP contribution is 2.26. The first-order chi connectivity index (χ1) is 11.3. The van der Waals surface area contributed by atoms with Crippen LogP contribution >= 0.6 is 11.8 Å². The van der Waals surface area contributed by atoms with Crippen molar-refractivity contribution in [1.29, 1.82) is 0 Å². The summed E-state index contributed by atoms with van der Waals surface area (Å²) in [4.78, 5) is 4.12. The number of benzene rings is 1. The van der Waals surface area contributed by atoms with Gasteiger partial charge in [0.15, 0.2) is 5.65 Å². The molecule has 3 heterocycles. The second kappa shape index (κ2) is 5.81. The number of hydrogen-bond donors (Lipinski definition) is 0. The average molecular weight is 327 g/mol. The van der Waals surface area contributed by atoms with Crippen molar-refractivity contribution in [3.8, 4) is 11.5 Å². The molecule has 0 radical (unpaired) electrons. The van der Waals surface area contributed by atoms with Crippen LogP contribution in [-0.2, 0) is 5.75 Å². The summed E-state index contributed by atoms with van der Waals surface area (Å²) in [5.74, 6) is 0.718. The highest BCUT2D eigenvalue weighted by atomic mass is 32.2. The van der Waals surface area contributed by atoms with Gasteiger partial charge in [0.1, 0.15) is 12.1 Å². The molecule has 23 heavy (non-hydrogen) atoms. The molecule has 0 aliphatic rings. The summed E-state index contributed by atoms with van der Waals surface area (Å²) < 4.78 is 20.4. The normalized spacial score (nSPS) is 11.2. The number of fused-ring (bicyclic) bond motifs is 1.